The number of halogens is 1. The molecule has 0 amide bonds. The van der Waals surface area contributed by atoms with E-state index in [2.05, 4.69) is 45.7 Å². The number of hydrogen-bond donors (Lipinski definition) is 1. The van der Waals surface area contributed by atoms with Crippen LogP contribution in [0.25, 0.3) is 0 Å². The maximum atomic E-state index is 5.98. The normalized spacial score (nSPS) is 10.6. The first-order valence-electron chi connectivity index (χ1n) is 6.96. The monoisotopic (exact) mass is 369 g/mol. The van der Waals surface area contributed by atoms with Gasteiger partial charge in [0.15, 0.2) is 0 Å². The molecule has 2 rings (SSSR count). The molecule has 1 heterocycles. The van der Waals surface area contributed by atoms with Crippen molar-refractivity contribution < 1.29 is 9.47 Å². The second-order valence-corrected chi connectivity index (χ2v) is 6.58. The van der Waals surface area contributed by atoms with Gasteiger partial charge in [-0.1, -0.05) is 13.0 Å². The Hall–Kier alpha value is -1.04. The Kier molecular flexibility index (Phi) is 6.54. The Balaban J connectivity index is 2.06. The van der Waals surface area contributed by atoms with Crippen LogP contribution < -0.4 is 14.8 Å². The number of rotatable bonds is 8. The van der Waals surface area contributed by atoms with Crippen molar-refractivity contribution in [3.8, 4) is 11.5 Å². The van der Waals surface area contributed by atoms with Crippen LogP contribution in [0.5, 0.6) is 11.5 Å². The van der Waals surface area contributed by atoms with Gasteiger partial charge in [-0.05, 0) is 41.0 Å². The zero-order chi connectivity index (χ0) is 15.1. The Morgan fingerprint density at radius 3 is 2.81 bits per heavy atom. The molecular formula is C16H20BrNO2S. The van der Waals surface area contributed by atoms with Crippen LogP contribution >= 0.6 is 27.3 Å². The average Bonchev–Trinajstić information content (AvgIpc) is 2.92. The summed E-state index contributed by atoms with van der Waals surface area (Å²) < 4.78 is 12.4. The molecule has 3 nitrogen and oxygen atoms in total. The summed E-state index contributed by atoms with van der Waals surface area (Å²) in [5.74, 6) is 1.69. The van der Waals surface area contributed by atoms with Crippen LogP contribution in [0.4, 0.5) is 0 Å². The summed E-state index contributed by atoms with van der Waals surface area (Å²) in [4.78, 5) is 1.19. The molecule has 0 atom stereocenters. The molecule has 2 aromatic rings. The van der Waals surface area contributed by atoms with Crippen LogP contribution in [0.3, 0.4) is 0 Å². The minimum absolute atomic E-state index is 0.574. The Labute approximate surface area is 138 Å². The third-order valence-electron chi connectivity index (χ3n) is 3.01. The summed E-state index contributed by atoms with van der Waals surface area (Å²) in [6.45, 7) is 4.54. The molecule has 0 saturated heterocycles. The lowest BCUT2D eigenvalue weighted by molar-refractivity contribution is 0.303. The summed E-state index contributed by atoms with van der Waals surface area (Å²) in [5, 5.41) is 5.47. The fraction of sp³-hybridized carbons (Fsp3) is 0.375. The number of thiophene rings is 1. The van der Waals surface area contributed by atoms with Gasteiger partial charge in [-0.3, -0.25) is 0 Å². The first-order chi connectivity index (χ1) is 10.2. The maximum Gasteiger partial charge on any atom is 0.128 e. The van der Waals surface area contributed by atoms with E-state index in [1.54, 1.807) is 18.4 Å². The summed E-state index contributed by atoms with van der Waals surface area (Å²) in [7, 11) is 1.67. The Morgan fingerprint density at radius 2 is 2.14 bits per heavy atom. The van der Waals surface area contributed by atoms with E-state index in [-0.39, 0.29) is 0 Å². The van der Waals surface area contributed by atoms with Crippen molar-refractivity contribution in [3.05, 3.63) is 44.6 Å². The van der Waals surface area contributed by atoms with Gasteiger partial charge in [0.25, 0.3) is 0 Å². The lowest BCUT2D eigenvalue weighted by Crippen LogP contribution is -2.14. The average molecular weight is 370 g/mol. The van der Waals surface area contributed by atoms with Gasteiger partial charge < -0.3 is 14.8 Å². The van der Waals surface area contributed by atoms with Gasteiger partial charge in [-0.2, -0.15) is 0 Å². The van der Waals surface area contributed by atoms with Crippen molar-refractivity contribution >= 4 is 27.3 Å². The zero-order valence-electron chi connectivity index (χ0n) is 12.3. The van der Waals surface area contributed by atoms with Crippen molar-refractivity contribution in [1.29, 1.82) is 0 Å². The molecule has 5 heteroatoms. The first-order valence-corrected chi connectivity index (χ1v) is 8.63. The molecule has 0 fully saturated rings. The second kappa shape index (κ2) is 8.41. The van der Waals surface area contributed by atoms with Crippen LogP contribution in [0.2, 0.25) is 0 Å². The van der Waals surface area contributed by atoms with Gasteiger partial charge in [0.05, 0.1) is 7.11 Å². The smallest absolute Gasteiger partial charge is 0.128 e. The van der Waals surface area contributed by atoms with Crippen molar-refractivity contribution in [3.63, 3.8) is 0 Å². The predicted molar refractivity (Wildman–Crippen MR) is 91.3 cm³/mol. The quantitative estimate of drug-likeness (QED) is 0.689. The largest absolute Gasteiger partial charge is 0.497 e. The second-order valence-electron chi connectivity index (χ2n) is 4.67. The maximum absolute atomic E-state index is 5.98. The lowest BCUT2D eigenvalue weighted by atomic mass is 10.2. The van der Waals surface area contributed by atoms with Crippen molar-refractivity contribution in [2.24, 2.45) is 0 Å². The summed E-state index contributed by atoms with van der Waals surface area (Å²) in [6.07, 6.45) is 1.12. The molecule has 0 radical (unpaired) electrons. The highest BCUT2D eigenvalue weighted by Gasteiger charge is 2.07. The number of hydrogen-bond acceptors (Lipinski definition) is 4. The van der Waals surface area contributed by atoms with E-state index in [0.717, 1.165) is 41.0 Å². The third kappa shape index (κ3) is 5.02. The van der Waals surface area contributed by atoms with Crippen LogP contribution in [-0.2, 0) is 13.2 Å². The molecule has 114 valence electrons. The number of benzene rings is 1. The van der Waals surface area contributed by atoms with Crippen LogP contribution in [0.15, 0.2) is 34.1 Å². The molecule has 0 aliphatic rings. The van der Waals surface area contributed by atoms with Crippen LogP contribution in [-0.4, -0.2) is 13.7 Å². The fourth-order valence-corrected chi connectivity index (χ4v) is 3.28. The SMILES string of the molecule is CCCNCc1ccc(OC)cc1OCc1cc(Br)cs1. The highest BCUT2D eigenvalue weighted by atomic mass is 79.9. The fourth-order valence-electron chi connectivity index (χ4n) is 1.92. The molecule has 1 N–H and O–H groups in total. The molecule has 0 unspecified atom stereocenters. The van der Waals surface area contributed by atoms with E-state index in [4.69, 9.17) is 9.47 Å². The molecule has 0 saturated carbocycles. The molecule has 0 bridgehead atoms. The molecule has 0 spiro atoms. The Morgan fingerprint density at radius 1 is 1.29 bits per heavy atom. The molecule has 1 aromatic heterocycles. The number of nitrogens with one attached hydrogen (secondary N) is 1. The zero-order valence-corrected chi connectivity index (χ0v) is 14.7. The predicted octanol–water partition coefficient (Wildman–Crippen LogP) is 4.60. The highest BCUT2D eigenvalue weighted by molar-refractivity contribution is 9.10. The first kappa shape index (κ1) is 16.3. The summed E-state index contributed by atoms with van der Waals surface area (Å²) in [5.41, 5.74) is 1.15. The van der Waals surface area contributed by atoms with E-state index in [1.807, 2.05) is 12.1 Å². The van der Waals surface area contributed by atoms with E-state index < -0.39 is 0 Å². The van der Waals surface area contributed by atoms with E-state index in [9.17, 15) is 0 Å². The van der Waals surface area contributed by atoms with Crippen LogP contribution in [0.1, 0.15) is 23.8 Å². The van der Waals surface area contributed by atoms with Crippen molar-refractivity contribution in [2.45, 2.75) is 26.5 Å². The molecular weight excluding hydrogens is 350 g/mol. The molecule has 21 heavy (non-hydrogen) atoms. The topological polar surface area (TPSA) is 30.5 Å². The molecule has 0 aliphatic heterocycles. The lowest BCUT2D eigenvalue weighted by Gasteiger charge is -2.13. The van der Waals surface area contributed by atoms with Gasteiger partial charge in [0.1, 0.15) is 18.1 Å². The standard InChI is InChI=1S/C16H20BrNO2S/c1-3-6-18-9-12-4-5-14(19-2)8-16(12)20-10-15-7-13(17)11-21-15/h4-5,7-8,11,18H,3,6,9-10H2,1-2H3. The number of methoxy groups -OCH3 is 1. The highest BCUT2D eigenvalue weighted by Crippen LogP contribution is 2.27. The minimum atomic E-state index is 0.574. The van der Waals surface area contributed by atoms with Gasteiger partial charge in [-0.25, -0.2) is 0 Å². The molecule has 0 aliphatic carbocycles. The van der Waals surface area contributed by atoms with E-state index >= 15 is 0 Å². The van der Waals surface area contributed by atoms with E-state index in [1.165, 1.54) is 4.88 Å². The summed E-state index contributed by atoms with van der Waals surface area (Å²) >= 11 is 5.15. The third-order valence-corrected chi connectivity index (χ3v) is 4.68. The van der Waals surface area contributed by atoms with Crippen molar-refractivity contribution in [2.75, 3.05) is 13.7 Å². The van der Waals surface area contributed by atoms with Crippen molar-refractivity contribution in [1.82, 2.24) is 5.32 Å². The van der Waals surface area contributed by atoms with Gasteiger partial charge >= 0.3 is 0 Å². The Bertz CT molecular complexity index is 571. The van der Waals surface area contributed by atoms with E-state index in [0.29, 0.717) is 6.61 Å². The van der Waals surface area contributed by atoms with Gasteiger partial charge in [0.2, 0.25) is 0 Å². The number of ether oxygens (including phenoxy) is 2. The van der Waals surface area contributed by atoms with Crippen LogP contribution in [0, 0.1) is 0 Å². The molecule has 1 aromatic carbocycles. The minimum Gasteiger partial charge on any atom is -0.497 e. The summed E-state index contributed by atoms with van der Waals surface area (Å²) in [6, 6.07) is 8.06. The van der Waals surface area contributed by atoms with Gasteiger partial charge in [0, 0.05) is 32.9 Å². The van der Waals surface area contributed by atoms with Gasteiger partial charge in [-0.15, -0.1) is 11.3 Å².